The van der Waals surface area contributed by atoms with E-state index in [2.05, 4.69) is 54.0 Å². The van der Waals surface area contributed by atoms with E-state index in [1.807, 2.05) is 0 Å². The van der Waals surface area contributed by atoms with Gasteiger partial charge in [-0.2, -0.15) is 5.10 Å². The SMILES string of the molecule is CSc1ccc(C2=NN(C(C)=O)C(c3sccc3C)C2)cc1. The molecule has 0 spiro atoms. The van der Waals surface area contributed by atoms with Crippen molar-refractivity contribution in [3.63, 3.8) is 0 Å². The van der Waals surface area contributed by atoms with E-state index in [-0.39, 0.29) is 11.9 Å². The van der Waals surface area contributed by atoms with Crippen LogP contribution in [-0.4, -0.2) is 22.9 Å². The predicted octanol–water partition coefficient (Wildman–Crippen LogP) is 4.48. The Morgan fingerprint density at radius 1 is 1.32 bits per heavy atom. The summed E-state index contributed by atoms with van der Waals surface area (Å²) in [5.74, 6) is -0.00599. The standard InChI is InChI=1S/C17H18N2OS2/c1-11-8-9-22-17(11)16-10-15(18-19(16)12(2)20)13-4-6-14(21-3)7-5-13/h4-9,16H,10H2,1-3H3. The smallest absolute Gasteiger partial charge is 0.240 e. The number of rotatable bonds is 3. The zero-order valence-corrected chi connectivity index (χ0v) is 14.5. The minimum absolute atomic E-state index is 0.00599. The first-order valence-corrected chi connectivity index (χ1v) is 9.26. The number of benzene rings is 1. The second-order valence-electron chi connectivity index (χ2n) is 5.33. The van der Waals surface area contributed by atoms with Gasteiger partial charge < -0.3 is 0 Å². The van der Waals surface area contributed by atoms with Crippen LogP contribution < -0.4 is 0 Å². The normalized spacial score (nSPS) is 17.7. The fourth-order valence-electron chi connectivity index (χ4n) is 2.69. The molecule has 0 saturated carbocycles. The van der Waals surface area contributed by atoms with Crippen LogP contribution in [0, 0.1) is 6.92 Å². The topological polar surface area (TPSA) is 32.7 Å². The summed E-state index contributed by atoms with van der Waals surface area (Å²) in [7, 11) is 0. The average Bonchev–Trinajstić information content (AvgIpc) is 3.13. The fourth-order valence-corrected chi connectivity index (χ4v) is 4.11. The molecule has 2 heterocycles. The molecule has 0 N–H and O–H groups in total. The quantitative estimate of drug-likeness (QED) is 0.778. The van der Waals surface area contributed by atoms with Crippen molar-refractivity contribution in [1.29, 1.82) is 0 Å². The van der Waals surface area contributed by atoms with Gasteiger partial charge in [0, 0.05) is 23.1 Å². The number of hydrogen-bond acceptors (Lipinski definition) is 4. The minimum Gasteiger partial charge on any atom is -0.273 e. The van der Waals surface area contributed by atoms with Crippen molar-refractivity contribution in [1.82, 2.24) is 5.01 Å². The number of aryl methyl sites for hydroxylation is 1. The van der Waals surface area contributed by atoms with Gasteiger partial charge in [-0.3, -0.25) is 4.79 Å². The zero-order valence-electron chi connectivity index (χ0n) is 12.9. The van der Waals surface area contributed by atoms with E-state index in [1.54, 1.807) is 35.0 Å². The monoisotopic (exact) mass is 330 g/mol. The van der Waals surface area contributed by atoms with Gasteiger partial charge in [-0.15, -0.1) is 23.1 Å². The molecule has 114 valence electrons. The van der Waals surface area contributed by atoms with Crippen molar-refractivity contribution >= 4 is 34.7 Å². The highest BCUT2D eigenvalue weighted by atomic mass is 32.2. The summed E-state index contributed by atoms with van der Waals surface area (Å²) in [6, 6.07) is 10.5. The molecule has 0 radical (unpaired) electrons. The lowest BCUT2D eigenvalue weighted by atomic mass is 10.0. The van der Waals surface area contributed by atoms with E-state index in [0.29, 0.717) is 0 Å². The van der Waals surface area contributed by atoms with Gasteiger partial charge >= 0.3 is 0 Å². The molecule has 0 bridgehead atoms. The lowest BCUT2D eigenvalue weighted by Gasteiger charge is -2.19. The molecule has 1 aromatic heterocycles. The fraction of sp³-hybridized carbons (Fsp3) is 0.294. The molecule has 1 unspecified atom stereocenters. The second kappa shape index (κ2) is 6.26. The van der Waals surface area contributed by atoms with E-state index >= 15 is 0 Å². The highest BCUT2D eigenvalue weighted by Gasteiger charge is 2.32. The first-order valence-electron chi connectivity index (χ1n) is 7.16. The Balaban J connectivity index is 1.92. The zero-order chi connectivity index (χ0) is 15.7. The van der Waals surface area contributed by atoms with Crippen molar-refractivity contribution in [2.75, 3.05) is 6.26 Å². The number of amides is 1. The summed E-state index contributed by atoms with van der Waals surface area (Å²) in [5, 5.41) is 8.31. The first kappa shape index (κ1) is 15.3. The van der Waals surface area contributed by atoms with Crippen LogP contribution in [0.4, 0.5) is 0 Å². The molecule has 0 fully saturated rings. The number of thioether (sulfide) groups is 1. The van der Waals surface area contributed by atoms with Crippen LogP contribution in [0.15, 0.2) is 45.7 Å². The maximum atomic E-state index is 12.0. The van der Waals surface area contributed by atoms with Crippen LogP contribution >= 0.6 is 23.1 Å². The number of carbonyl (C=O) groups is 1. The third-order valence-corrected chi connectivity index (χ3v) is 5.72. The van der Waals surface area contributed by atoms with Gasteiger partial charge in [0.1, 0.15) is 0 Å². The predicted molar refractivity (Wildman–Crippen MR) is 93.7 cm³/mol. The molecule has 1 aliphatic rings. The Morgan fingerprint density at radius 2 is 2.05 bits per heavy atom. The van der Waals surface area contributed by atoms with Crippen LogP contribution in [0.2, 0.25) is 0 Å². The molecule has 1 amide bonds. The Morgan fingerprint density at radius 3 is 2.59 bits per heavy atom. The molecule has 5 heteroatoms. The number of carbonyl (C=O) groups excluding carboxylic acids is 1. The van der Waals surface area contributed by atoms with Gasteiger partial charge in [-0.1, -0.05) is 12.1 Å². The molecule has 3 rings (SSSR count). The Hall–Kier alpha value is -1.59. The highest BCUT2D eigenvalue weighted by molar-refractivity contribution is 7.98. The number of hydrazone groups is 1. The van der Waals surface area contributed by atoms with E-state index < -0.39 is 0 Å². The summed E-state index contributed by atoms with van der Waals surface area (Å²) in [6.45, 7) is 3.68. The van der Waals surface area contributed by atoms with Gasteiger partial charge in [0.15, 0.2) is 0 Å². The van der Waals surface area contributed by atoms with E-state index in [0.717, 1.165) is 17.7 Å². The van der Waals surface area contributed by atoms with Crippen molar-refractivity contribution < 1.29 is 4.79 Å². The summed E-state index contributed by atoms with van der Waals surface area (Å²) in [6.07, 6.45) is 2.84. The highest BCUT2D eigenvalue weighted by Crippen LogP contribution is 2.37. The summed E-state index contributed by atoms with van der Waals surface area (Å²) in [4.78, 5) is 14.4. The Labute approximate surface area is 139 Å². The molecule has 1 atom stereocenters. The summed E-state index contributed by atoms with van der Waals surface area (Å²) >= 11 is 3.42. The van der Waals surface area contributed by atoms with Gasteiger partial charge in [-0.25, -0.2) is 5.01 Å². The van der Waals surface area contributed by atoms with Crippen LogP contribution in [0.1, 0.15) is 35.4 Å². The second-order valence-corrected chi connectivity index (χ2v) is 7.15. The van der Waals surface area contributed by atoms with Crippen molar-refractivity contribution in [3.05, 3.63) is 51.7 Å². The van der Waals surface area contributed by atoms with Crippen LogP contribution in [0.3, 0.4) is 0 Å². The largest absolute Gasteiger partial charge is 0.273 e. The van der Waals surface area contributed by atoms with Gasteiger partial charge in [0.05, 0.1) is 11.8 Å². The maximum Gasteiger partial charge on any atom is 0.240 e. The lowest BCUT2D eigenvalue weighted by Crippen LogP contribution is -2.24. The van der Waals surface area contributed by atoms with Gasteiger partial charge in [0.2, 0.25) is 5.91 Å². The Kier molecular flexibility index (Phi) is 4.36. The molecule has 22 heavy (non-hydrogen) atoms. The third-order valence-electron chi connectivity index (χ3n) is 3.86. The number of nitrogens with zero attached hydrogens (tertiary/aromatic N) is 2. The number of thiophene rings is 1. The molecule has 0 aliphatic carbocycles. The van der Waals surface area contributed by atoms with Crippen LogP contribution in [-0.2, 0) is 4.79 Å². The molecule has 1 aliphatic heterocycles. The number of hydrogen-bond donors (Lipinski definition) is 0. The summed E-state index contributed by atoms with van der Waals surface area (Å²) in [5.41, 5.74) is 3.32. The molecule has 2 aromatic rings. The molecule has 0 saturated heterocycles. The van der Waals surface area contributed by atoms with Gasteiger partial charge in [0.25, 0.3) is 0 Å². The van der Waals surface area contributed by atoms with Crippen molar-refractivity contribution in [2.24, 2.45) is 5.10 Å². The lowest BCUT2D eigenvalue weighted by molar-refractivity contribution is -0.130. The first-order chi connectivity index (χ1) is 10.6. The van der Waals surface area contributed by atoms with Crippen molar-refractivity contribution in [3.8, 4) is 0 Å². The Bertz CT molecular complexity index is 719. The summed E-state index contributed by atoms with van der Waals surface area (Å²) < 4.78 is 0. The average molecular weight is 330 g/mol. The third kappa shape index (κ3) is 2.83. The van der Waals surface area contributed by atoms with Crippen molar-refractivity contribution in [2.45, 2.75) is 31.2 Å². The minimum atomic E-state index is -0.00599. The molecule has 1 aromatic carbocycles. The van der Waals surface area contributed by atoms with Crippen LogP contribution in [0.25, 0.3) is 0 Å². The van der Waals surface area contributed by atoms with E-state index in [9.17, 15) is 4.79 Å². The van der Waals surface area contributed by atoms with Crippen LogP contribution in [0.5, 0.6) is 0 Å². The van der Waals surface area contributed by atoms with E-state index in [4.69, 9.17) is 0 Å². The molecule has 3 nitrogen and oxygen atoms in total. The molecular weight excluding hydrogens is 312 g/mol. The van der Waals surface area contributed by atoms with Gasteiger partial charge in [-0.05, 0) is 47.9 Å². The van der Waals surface area contributed by atoms with E-state index in [1.165, 1.54) is 15.3 Å². The molecular formula is C17H18N2OS2. The maximum absolute atomic E-state index is 12.0.